The molecule has 1 aliphatic rings. The first kappa shape index (κ1) is 17.5. The number of para-hydroxylation sites is 1. The van der Waals surface area contributed by atoms with Crippen molar-refractivity contribution in [1.29, 1.82) is 0 Å². The van der Waals surface area contributed by atoms with Crippen molar-refractivity contribution in [3.8, 4) is 0 Å². The second kappa shape index (κ2) is 7.70. The Bertz CT molecular complexity index is 762. The predicted octanol–water partition coefficient (Wildman–Crippen LogP) is 1.74. The highest BCUT2D eigenvalue weighted by molar-refractivity contribution is 6.11. The number of quaternary nitrogens is 1. The van der Waals surface area contributed by atoms with Crippen LogP contribution >= 0.6 is 0 Å². The number of carbonyl (C=O) groups is 2. The third kappa shape index (κ3) is 3.85. The van der Waals surface area contributed by atoms with Crippen molar-refractivity contribution >= 4 is 28.5 Å². The number of aromatic nitrogens is 1. The summed E-state index contributed by atoms with van der Waals surface area (Å²) in [6, 6.07) is 8.06. The Hall–Kier alpha value is -2.34. The van der Waals surface area contributed by atoms with E-state index in [1.807, 2.05) is 24.3 Å². The van der Waals surface area contributed by atoms with Gasteiger partial charge in [-0.15, -0.1) is 0 Å². The molecule has 134 valence electrons. The topological polar surface area (TPSA) is 75.6 Å². The maximum Gasteiger partial charge on any atom is 0.356 e. The Labute approximate surface area is 147 Å². The molecule has 2 aromatic rings. The zero-order valence-corrected chi connectivity index (χ0v) is 14.9. The number of anilines is 1. The number of hydrogen-bond acceptors (Lipinski definition) is 3. The van der Waals surface area contributed by atoms with Crippen molar-refractivity contribution in [2.24, 2.45) is 0 Å². The smallest absolute Gasteiger partial charge is 0.356 e. The summed E-state index contributed by atoms with van der Waals surface area (Å²) >= 11 is 0. The number of benzene rings is 1. The fourth-order valence-electron chi connectivity index (χ4n) is 3.70. The maximum absolute atomic E-state index is 12.6. The maximum atomic E-state index is 12.6. The number of ether oxygens (including phenoxy) is 1. The highest BCUT2D eigenvalue weighted by Gasteiger charge is 2.25. The lowest BCUT2D eigenvalue weighted by Crippen LogP contribution is -3.14. The molecule has 0 aliphatic heterocycles. The summed E-state index contributed by atoms with van der Waals surface area (Å²) in [4.78, 5) is 28.9. The summed E-state index contributed by atoms with van der Waals surface area (Å²) in [5.41, 5.74) is 1.59. The number of H-pyrrole nitrogens is 1. The Morgan fingerprint density at radius 3 is 2.68 bits per heavy atom. The number of methoxy groups -OCH3 is 1. The van der Waals surface area contributed by atoms with Crippen molar-refractivity contribution in [3.63, 3.8) is 0 Å². The number of fused-ring (bicyclic) bond motifs is 1. The van der Waals surface area contributed by atoms with Gasteiger partial charge in [0.05, 0.1) is 25.9 Å². The fraction of sp³-hybridized carbons (Fsp3) is 0.474. The van der Waals surface area contributed by atoms with Crippen LogP contribution < -0.4 is 10.2 Å². The van der Waals surface area contributed by atoms with Gasteiger partial charge in [0, 0.05) is 10.9 Å². The number of amides is 1. The largest absolute Gasteiger partial charge is 0.464 e. The van der Waals surface area contributed by atoms with Crippen LogP contribution in [0.1, 0.15) is 42.6 Å². The normalized spacial score (nSPS) is 16.6. The van der Waals surface area contributed by atoms with Crippen LogP contribution in [-0.2, 0) is 9.53 Å². The molecule has 6 heteroatoms. The minimum Gasteiger partial charge on any atom is -0.464 e. The molecule has 0 bridgehead atoms. The molecular weight excluding hydrogens is 318 g/mol. The fourth-order valence-corrected chi connectivity index (χ4v) is 3.70. The Kier molecular flexibility index (Phi) is 5.38. The molecule has 1 atom stereocenters. The van der Waals surface area contributed by atoms with E-state index in [4.69, 9.17) is 4.74 Å². The first-order valence-electron chi connectivity index (χ1n) is 8.91. The highest BCUT2D eigenvalue weighted by Crippen LogP contribution is 2.28. The molecule has 3 rings (SSSR count). The summed E-state index contributed by atoms with van der Waals surface area (Å²) in [7, 11) is 3.41. The van der Waals surface area contributed by atoms with Crippen LogP contribution in [0.5, 0.6) is 0 Å². The van der Waals surface area contributed by atoms with Crippen LogP contribution in [0, 0.1) is 0 Å². The van der Waals surface area contributed by atoms with E-state index >= 15 is 0 Å². The third-order valence-electron chi connectivity index (χ3n) is 5.10. The number of hydrogen-bond donors (Lipinski definition) is 3. The van der Waals surface area contributed by atoms with E-state index in [2.05, 4.69) is 17.3 Å². The SMILES string of the molecule is COC(=O)c1[nH]c2ccccc2c1NC(=O)C[NH+](C)C1CCCCC1. The molecule has 25 heavy (non-hydrogen) atoms. The van der Waals surface area contributed by atoms with Crippen molar-refractivity contribution < 1.29 is 19.2 Å². The quantitative estimate of drug-likeness (QED) is 0.723. The van der Waals surface area contributed by atoms with E-state index in [9.17, 15) is 9.59 Å². The predicted molar refractivity (Wildman–Crippen MR) is 96.9 cm³/mol. The molecule has 3 N–H and O–H groups in total. The lowest BCUT2D eigenvalue weighted by molar-refractivity contribution is -0.899. The van der Waals surface area contributed by atoms with E-state index in [1.54, 1.807) is 0 Å². The van der Waals surface area contributed by atoms with Gasteiger partial charge in [0.1, 0.15) is 5.69 Å². The van der Waals surface area contributed by atoms with Gasteiger partial charge >= 0.3 is 5.97 Å². The monoisotopic (exact) mass is 344 g/mol. The zero-order chi connectivity index (χ0) is 17.8. The molecule has 1 saturated carbocycles. The molecule has 1 unspecified atom stereocenters. The number of likely N-dealkylation sites (N-methyl/N-ethyl adjacent to an activating group) is 1. The average molecular weight is 344 g/mol. The van der Waals surface area contributed by atoms with Crippen LogP contribution in [0.2, 0.25) is 0 Å². The number of aromatic amines is 1. The van der Waals surface area contributed by atoms with E-state index < -0.39 is 5.97 Å². The van der Waals surface area contributed by atoms with Crippen LogP contribution in [0.15, 0.2) is 24.3 Å². The average Bonchev–Trinajstić information content (AvgIpc) is 3.00. The second-order valence-electron chi connectivity index (χ2n) is 6.82. The molecule has 6 nitrogen and oxygen atoms in total. The minimum atomic E-state index is -0.487. The van der Waals surface area contributed by atoms with Crippen molar-refractivity contribution in [1.82, 2.24) is 4.98 Å². The highest BCUT2D eigenvalue weighted by atomic mass is 16.5. The van der Waals surface area contributed by atoms with Gasteiger partial charge in [0.25, 0.3) is 5.91 Å². The van der Waals surface area contributed by atoms with Gasteiger partial charge in [-0.2, -0.15) is 0 Å². The van der Waals surface area contributed by atoms with E-state index in [0.717, 1.165) is 10.9 Å². The Morgan fingerprint density at radius 2 is 1.96 bits per heavy atom. The molecule has 1 aromatic heterocycles. The standard InChI is InChI=1S/C19H25N3O3/c1-22(13-8-4-3-5-9-13)12-16(23)21-17-14-10-6-7-11-15(14)20-18(17)19(24)25-2/h6-7,10-11,13,20H,3-5,8-9,12H2,1-2H3,(H,21,23)/p+1. The molecular formula is C19H26N3O3+. The summed E-state index contributed by atoms with van der Waals surface area (Å²) in [6.45, 7) is 0.394. The van der Waals surface area contributed by atoms with Crippen LogP contribution in [0.3, 0.4) is 0 Å². The number of esters is 1. The van der Waals surface area contributed by atoms with Gasteiger partial charge in [-0.25, -0.2) is 4.79 Å². The third-order valence-corrected chi connectivity index (χ3v) is 5.10. The van der Waals surface area contributed by atoms with Crippen molar-refractivity contribution in [2.75, 3.05) is 26.0 Å². The molecule has 1 aliphatic carbocycles. The number of carbonyl (C=O) groups excluding carboxylic acids is 2. The van der Waals surface area contributed by atoms with Gasteiger partial charge in [-0.1, -0.05) is 24.6 Å². The Balaban J connectivity index is 1.77. The van der Waals surface area contributed by atoms with Gasteiger partial charge in [0.2, 0.25) is 0 Å². The molecule has 0 saturated heterocycles. The van der Waals surface area contributed by atoms with Crippen LogP contribution in [-0.4, -0.2) is 43.6 Å². The van der Waals surface area contributed by atoms with Gasteiger partial charge < -0.3 is 19.9 Å². The van der Waals surface area contributed by atoms with Crippen LogP contribution in [0.4, 0.5) is 5.69 Å². The molecule has 0 spiro atoms. The lowest BCUT2D eigenvalue weighted by Gasteiger charge is -2.27. The molecule has 1 aromatic carbocycles. The minimum absolute atomic E-state index is 0.0852. The second-order valence-corrected chi connectivity index (χ2v) is 6.82. The van der Waals surface area contributed by atoms with E-state index in [-0.39, 0.29) is 11.6 Å². The van der Waals surface area contributed by atoms with Crippen molar-refractivity contribution in [2.45, 2.75) is 38.1 Å². The van der Waals surface area contributed by atoms with Crippen molar-refractivity contribution in [3.05, 3.63) is 30.0 Å². The summed E-state index contributed by atoms with van der Waals surface area (Å²) in [5, 5.41) is 3.74. The van der Waals surface area contributed by atoms with Crippen LogP contribution in [0.25, 0.3) is 10.9 Å². The molecule has 0 radical (unpaired) electrons. The lowest BCUT2D eigenvalue weighted by atomic mass is 9.94. The first-order chi connectivity index (χ1) is 12.1. The van der Waals surface area contributed by atoms with Gasteiger partial charge in [-0.05, 0) is 31.7 Å². The number of nitrogens with one attached hydrogen (secondary N) is 3. The molecule has 1 fully saturated rings. The summed E-state index contributed by atoms with van der Waals surface area (Å²) in [5.74, 6) is -0.572. The Morgan fingerprint density at radius 1 is 1.24 bits per heavy atom. The molecule has 1 amide bonds. The van der Waals surface area contributed by atoms with E-state index in [1.165, 1.54) is 44.1 Å². The number of rotatable bonds is 5. The molecule has 1 heterocycles. The van der Waals surface area contributed by atoms with E-state index in [0.29, 0.717) is 18.3 Å². The van der Waals surface area contributed by atoms with Gasteiger partial charge in [-0.3, -0.25) is 4.79 Å². The van der Waals surface area contributed by atoms with Gasteiger partial charge in [0.15, 0.2) is 6.54 Å². The zero-order valence-electron chi connectivity index (χ0n) is 14.9. The summed E-state index contributed by atoms with van der Waals surface area (Å²) < 4.78 is 4.84. The summed E-state index contributed by atoms with van der Waals surface area (Å²) in [6.07, 6.45) is 6.16. The first-order valence-corrected chi connectivity index (χ1v) is 8.91.